The number of hydrogen-bond donors (Lipinski definition) is 2. The lowest BCUT2D eigenvalue weighted by molar-refractivity contribution is 0.0920. The summed E-state index contributed by atoms with van der Waals surface area (Å²) in [6, 6.07) is 8.57. The van der Waals surface area contributed by atoms with E-state index in [4.69, 9.17) is 0 Å². The van der Waals surface area contributed by atoms with Crippen LogP contribution in [0.3, 0.4) is 0 Å². The molecule has 1 saturated heterocycles. The normalized spacial score (nSPS) is 22.5. The van der Waals surface area contributed by atoms with E-state index in [1.807, 2.05) is 23.9 Å². The van der Waals surface area contributed by atoms with Crippen LogP contribution in [-0.4, -0.2) is 30.3 Å². The van der Waals surface area contributed by atoms with E-state index >= 15 is 0 Å². The number of piperidine rings is 1. The topological polar surface area (TPSA) is 41.1 Å². The first-order valence-corrected chi connectivity index (χ1v) is 8.57. The van der Waals surface area contributed by atoms with Crippen LogP contribution in [0, 0.1) is 0 Å². The number of amides is 1. The summed E-state index contributed by atoms with van der Waals surface area (Å²) in [5, 5.41) is 6.54. The first kappa shape index (κ1) is 15.4. The van der Waals surface area contributed by atoms with Crippen molar-refractivity contribution < 1.29 is 4.79 Å². The van der Waals surface area contributed by atoms with E-state index in [0.29, 0.717) is 6.04 Å². The lowest BCUT2D eigenvalue weighted by Gasteiger charge is -2.30. The van der Waals surface area contributed by atoms with Gasteiger partial charge in [0, 0.05) is 23.4 Å². The van der Waals surface area contributed by atoms with Crippen molar-refractivity contribution in [1.29, 1.82) is 0 Å². The molecule has 2 atom stereocenters. The fourth-order valence-electron chi connectivity index (χ4n) is 2.47. The molecular weight excluding hydrogens is 268 g/mol. The average molecular weight is 292 g/mol. The lowest BCUT2D eigenvalue weighted by Crippen LogP contribution is -2.51. The summed E-state index contributed by atoms with van der Waals surface area (Å²) in [4.78, 5) is 12.2. The lowest BCUT2D eigenvalue weighted by atomic mass is 9.99. The molecule has 1 aromatic rings. The number of thioether (sulfide) groups is 1. The molecule has 1 fully saturated rings. The van der Waals surface area contributed by atoms with Gasteiger partial charge >= 0.3 is 0 Å². The van der Waals surface area contributed by atoms with Gasteiger partial charge in [-0.1, -0.05) is 19.1 Å². The predicted molar refractivity (Wildman–Crippen MR) is 86.2 cm³/mol. The van der Waals surface area contributed by atoms with Crippen molar-refractivity contribution in [3.63, 3.8) is 0 Å². The standard InChI is InChI=1S/C16H24N2OS/c1-3-20-11-13-6-8-14(9-7-13)16(19)18-15-5-4-10-17-12(15)2/h6-9,12,15,17H,3-5,10-11H2,1-2H3,(H,18,19). The Morgan fingerprint density at radius 2 is 2.15 bits per heavy atom. The Labute approximate surface area is 125 Å². The van der Waals surface area contributed by atoms with Gasteiger partial charge in [-0.3, -0.25) is 4.79 Å². The van der Waals surface area contributed by atoms with Crippen molar-refractivity contribution in [2.24, 2.45) is 0 Å². The Morgan fingerprint density at radius 3 is 2.80 bits per heavy atom. The smallest absolute Gasteiger partial charge is 0.251 e. The number of carbonyl (C=O) groups is 1. The minimum absolute atomic E-state index is 0.0419. The zero-order valence-corrected chi connectivity index (χ0v) is 13.1. The molecule has 0 radical (unpaired) electrons. The molecule has 1 amide bonds. The number of carbonyl (C=O) groups excluding carboxylic acids is 1. The Balaban J connectivity index is 1.91. The highest BCUT2D eigenvalue weighted by Gasteiger charge is 2.22. The molecule has 2 unspecified atom stereocenters. The summed E-state index contributed by atoms with van der Waals surface area (Å²) in [7, 11) is 0. The van der Waals surface area contributed by atoms with E-state index in [9.17, 15) is 4.79 Å². The minimum atomic E-state index is 0.0419. The van der Waals surface area contributed by atoms with Crippen LogP contribution in [0.15, 0.2) is 24.3 Å². The van der Waals surface area contributed by atoms with Gasteiger partial charge in [-0.2, -0.15) is 11.8 Å². The first-order chi connectivity index (χ1) is 9.70. The molecule has 0 aliphatic carbocycles. The van der Waals surface area contributed by atoms with Crippen molar-refractivity contribution >= 4 is 17.7 Å². The van der Waals surface area contributed by atoms with Crippen LogP contribution in [0.25, 0.3) is 0 Å². The molecule has 20 heavy (non-hydrogen) atoms. The SMILES string of the molecule is CCSCc1ccc(C(=O)NC2CCCNC2C)cc1. The molecule has 3 nitrogen and oxygen atoms in total. The second-order valence-electron chi connectivity index (χ2n) is 5.30. The molecule has 0 aromatic heterocycles. The summed E-state index contributed by atoms with van der Waals surface area (Å²) < 4.78 is 0. The quantitative estimate of drug-likeness (QED) is 0.877. The van der Waals surface area contributed by atoms with Gasteiger partial charge in [-0.05, 0) is 49.8 Å². The van der Waals surface area contributed by atoms with Gasteiger partial charge in [0.25, 0.3) is 5.91 Å². The number of hydrogen-bond acceptors (Lipinski definition) is 3. The second-order valence-corrected chi connectivity index (χ2v) is 6.57. The number of rotatable bonds is 5. The molecule has 1 aliphatic rings. The first-order valence-electron chi connectivity index (χ1n) is 7.41. The number of benzene rings is 1. The summed E-state index contributed by atoms with van der Waals surface area (Å²) >= 11 is 1.90. The van der Waals surface area contributed by atoms with Crippen LogP contribution >= 0.6 is 11.8 Å². The predicted octanol–water partition coefficient (Wildman–Crippen LogP) is 2.81. The third-order valence-electron chi connectivity index (χ3n) is 3.77. The molecule has 0 spiro atoms. The van der Waals surface area contributed by atoms with Crippen molar-refractivity contribution in [2.75, 3.05) is 12.3 Å². The van der Waals surface area contributed by atoms with Crippen LogP contribution in [0.1, 0.15) is 42.6 Å². The summed E-state index contributed by atoms with van der Waals surface area (Å²) in [5.74, 6) is 2.18. The van der Waals surface area contributed by atoms with E-state index in [0.717, 1.165) is 36.5 Å². The molecule has 0 saturated carbocycles. The maximum atomic E-state index is 12.2. The Hall–Kier alpha value is -1.00. The van der Waals surface area contributed by atoms with E-state index in [1.54, 1.807) is 0 Å². The van der Waals surface area contributed by atoms with Crippen LogP contribution in [0.5, 0.6) is 0 Å². The fourth-order valence-corrected chi connectivity index (χ4v) is 3.10. The van der Waals surface area contributed by atoms with Gasteiger partial charge in [0.1, 0.15) is 0 Å². The molecule has 1 aliphatic heterocycles. The highest BCUT2D eigenvalue weighted by Crippen LogP contribution is 2.14. The summed E-state index contributed by atoms with van der Waals surface area (Å²) in [6.07, 6.45) is 2.19. The van der Waals surface area contributed by atoms with Crippen LogP contribution in [-0.2, 0) is 5.75 Å². The Morgan fingerprint density at radius 1 is 1.40 bits per heavy atom. The fraction of sp³-hybridized carbons (Fsp3) is 0.562. The van der Waals surface area contributed by atoms with Gasteiger partial charge in [0.15, 0.2) is 0 Å². The maximum Gasteiger partial charge on any atom is 0.251 e. The van der Waals surface area contributed by atoms with Crippen LogP contribution < -0.4 is 10.6 Å². The highest BCUT2D eigenvalue weighted by atomic mass is 32.2. The molecular formula is C16H24N2OS. The third-order valence-corrected chi connectivity index (χ3v) is 4.71. The van der Waals surface area contributed by atoms with Gasteiger partial charge < -0.3 is 10.6 Å². The van der Waals surface area contributed by atoms with E-state index in [1.165, 1.54) is 5.56 Å². The third kappa shape index (κ3) is 4.25. The molecule has 1 heterocycles. The van der Waals surface area contributed by atoms with Crippen LogP contribution in [0.2, 0.25) is 0 Å². The Bertz CT molecular complexity index is 433. The Kier molecular flexibility index (Phi) is 5.92. The van der Waals surface area contributed by atoms with Gasteiger partial charge in [-0.15, -0.1) is 0 Å². The average Bonchev–Trinajstić information content (AvgIpc) is 2.48. The molecule has 0 bridgehead atoms. The van der Waals surface area contributed by atoms with Gasteiger partial charge in [0.05, 0.1) is 0 Å². The molecule has 1 aromatic carbocycles. The zero-order chi connectivity index (χ0) is 14.4. The largest absolute Gasteiger partial charge is 0.348 e. The van der Waals surface area contributed by atoms with Crippen molar-refractivity contribution in [3.05, 3.63) is 35.4 Å². The summed E-state index contributed by atoms with van der Waals surface area (Å²) in [6.45, 7) is 5.35. The van der Waals surface area contributed by atoms with E-state index in [2.05, 4.69) is 36.6 Å². The zero-order valence-electron chi connectivity index (χ0n) is 12.3. The monoisotopic (exact) mass is 292 g/mol. The molecule has 2 N–H and O–H groups in total. The second kappa shape index (κ2) is 7.70. The molecule has 110 valence electrons. The van der Waals surface area contributed by atoms with Crippen molar-refractivity contribution in [2.45, 2.75) is 44.5 Å². The molecule has 2 rings (SSSR count). The van der Waals surface area contributed by atoms with E-state index < -0.39 is 0 Å². The number of nitrogens with one attached hydrogen (secondary N) is 2. The van der Waals surface area contributed by atoms with Gasteiger partial charge in [0.2, 0.25) is 0 Å². The highest BCUT2D eigenvalue weighted by molar-refractivity contribution is 7.98. The molecule has 4 heteroatoms. The van der Waals surface area contributed by atoms with E-state index in [-0.39, 0.29) is 11.9 Å². The van der Waals surface area contributed by atoms with Gasteiger partial charge in [-0.25, -0.2) is 0 Å². The van der Waals surface area contributed by atoms with Crippen LogP contribution in [0.4, 0.5) is 0 Å². The summed E-state index contributed by atoms with van der Waals surface area (Å²) in [5.41, 5.74) is 2.04. The van der Waals surface area contributed by atoms with Crippen molar-refractivity contribution in [1.82, 2.24) is 10.6 Å². The minimum Gasteiger partial charge on any atom is -0.348 e. The maximum absolute atomic E-state index is 12.2. The van der Waals surface area contributed by atoms with Crippen molar-refractivity contribution in [3.8, 4) is 0 Å².